The molecule has 0 aliphatic heterocycles. The van der Waals surface area contributed by atoms with Gasteiger partial charge in [0.25, 0.3) is 8.07 Å². The van der Waals surface area contributed by atoms with Crippen molar-refractivity contribution < 1.29 is 18.9 Å². The molecule has 4 N–H and O–H groups in total. The average molecular weight is 272 g/mol. The minimum Gasteiger partial charge on any atom is -0.449 e. The summed E-state index contributed by atoms with van der Waals surface area (Å²) in [6, 6.07) is 0. The fraction of sp³-hybridized carbons (Fsp3) is 0.333. The van der Waals surface area contributed by atoms with Crippen LogP contribution in [0.15, 0.2) is 12.3 Å². The van der Waals surface area contributed by atoms with Gasteiger partial charge in [-0.2, -0.15) is 0 Å². The van der Waals surface area contributed by atoms with Gasteiger partial charge in [-0.1, -0.05) is 12.2 Å². The van der Waals surface area contributed by atoms with Gasteiger partial charge in [0.15, 0.2) is 25.6 Å². The number of hydrogen-bond donors (Lipinski definition) is 4. The summed E-state index contributed by atoms with van der Waals surface area (Å²) >= 11 is 0. The number of ether oxygens (including phenoxy) is 4. The van der Waals surface area contributed by atoms with Crippen LogP contribution in [-0.4, -0.2) is 45.5 Å². The van der Waals surface area contributed by atoms with E-state index < -0.39 is 19.9 Å². The predicted octanol–water partition coefficient (Wildman–Crippen LogP) is 1.02. The van der Waals surface area contributed by atoms with E-state index in [0.717, 1.165) is 0 Å². The maximum Gasteiger partial charge on any atom is 0.267 e. The van der Waals surface area contributed by atoms with E-state index in [1.165, 1.54) is 5.70 Å². The molecule has 0 saturated heterocycles. The van der Waals surface area contributed by atoms with Crippen LogP contribution >= 0.6 is 0 Å². The van der Waals surface area contributed by atoms with Crippen LogP contribution in [0.2, 0.25) is 6.55 Å². The van der Waals surface area contributed by atoms with Crippen molar-refractivity contribution in [3.05, 3.63) is 12.3 Å². The molecule has 0 rings (SSSR count). The fourth-order valence-electron chi connectivity index (χ4n) is 1.20. The first-order valence-electron chi connectivity index (χ1n) is 4.81. The Hall–Kier alpha value is -2.16. The van der Waals surface area contributed by atoms with E-state index in [1.807, 2.05) is 0 Å². The second-order valence-electron chi connectivity index (χ2n) is 3.25. The summed E-state index contributed by atoms with van der Waals surface area (Å²) in [6.45, 7) is 5.35. The van der Waals surface area contributed by atoms with Gasteiger partial charge in [0.05, 0.1) is 0 Å². The lowest BCUT2D eigenvalue weighted by Gasteiger charge is -2.34. The maximum absolute atomic E-state index is 6.93. The van der Waals surface area contributed by atoms with Crippen LogP contribution in [0.3, 0.4) is 0 Å². The van der Waals surface area contributed by atoms with Gasteiger partial charge in [-0.3, -0.25) is 21.6 Å². The molecule has 0 aromatic carbocycles. The zero-order chi connectivity index (χ0) is 14.0. The van der Waals surface area contributed by atoms with Crippen molar-refractivity contribution in [1.29, 1.82) is 21.6 Å². The average Bonchev–Trinajstić information content (AvgIpc) is 2.37. The van der Waals surface area contributed by atoms with E-state index in [4.69, 9.17) is 40.6 Å². The Morgan fingerprint density at radius 1 is 0.833 bits per heavy atom. The Morgan fingerprint density at radius 3 is 1.28 bits per heavy atom. The summed E-state index contributed by atoms with van der Waals surface area (Å²) in [5.41, 5.74) is 1.52. The quantitative estimate of drug-likeness (QED) is 0.193. The summed E-state index contributed by atoms with van der Waals surface area (Å²) in [5.74, 6) is -1.95. The molecule has 0 bridgehead atoms. The Labute approximate surface area is 106 Å². The molecule has 0 aliphatic rings. The van der Waals surface area contributed by atoms with Crippen LogP contribution in [0.4, 0.5) is 0 Å². The number of nitrogens with one attached hydrogen (secondary N) is 4. The lowest BCUT2D eigenvalue weighted by molar-refractivity contribution is 0.0135. The summed E-state index contributed by atoms with van der Waals surface area (Å²) in [7, 11) is -2.80. The molecule has 0 atom stereocenters. The molecule has 9 heteroatoms. The lowest BCUT2D eigenvalue weighted by Crippen LogP contribution is -2.57. The van der Waals surface area contributed by atoms with E-state index in [0.29, 0.717) is 25.6 Å². The van der Waals surface area contributed by atoms with Gasteiger partial charge in [-0.25, -0.2) is 0 Å². The zero-order valence-electron chi connectivity index (χ0n) is 9.88. The molecule has 0 saturated carbocycles. The normalized spacial score (nSPS) is 16.1. The van der Waals surface area contributed by atoms with Gasteiger partial charge in [-0.05, 0) is 0 Å². The topological polar surface area (TPSA) is 132 Å². The molecular weight excluding hydrogens is 256 g/mol. The van der Waals surface area contributed by atoms with Crippen LogP contribution in [-0.2, 0) is 18.9 Å². The van der Waals surface area contributed by atoms with Crippen molar-refractivity contribution >= 4 is 33.7 Å². The van der Waals surface area contributed by atoms with Crippen molar-refractivity contribution in [3.63, 3.8) is 0 Å². The van der Waals surface area contributed by atoms with Crippen LogP contribution in [0, 0.1) is 21.6 Å². The van der Waals surface area contributed by atoms with Crippen molar-refractivity contribution in [2.45, 2.75) is 18.4 Å². The zero-order valence-corrected chi connectivity index (χ0v) is 10.9. The molecule has 18 heavy (non-hydrogen) atoms. The highest BCUT2D eigenvalue weighted by Gasteiger charge is 2.49. The van der Waals surface area contributed by atoms with E-state index in [1.54, 1.807) is 6.55 Å². The number of rotatable bonds is 11. The molecule has 8 nitrogen and oxygen atoms in total. The minimum atomic E-state index is -2.80. The molecule has 0 aromatic rings. The van der Waals surface area contributed by atoms with Crippen molar-refractivity contribution in [3.8, 4) is 0 Å². The van der Waals surface area contributed by atoms with Crippen LogP contribution < -0.4 is 0 Å². The van der Waals surface area contributed by atoms with E-state index in [-0.39, 0.29) is 0 Å². The highest BCUT2D eigenvalue weighted by molar-refractivity contribution is 6.85. The Morgan fingerprint density at radius 2 is 1.11 bits per heavy atom. The predicted molar refractivity (Wildman–Crippen MR) is 68.9 cm³/mol. The third kappa shape index (κ3) is 3.70. The van der Waals surface area contributed by atoms with Gasteiger partial charge in [-0.15, -0.1) is 6.58 Å². The van der Waals surface area contributed by atoms with Crippen LogP contribution in [0.5, 0.6) is 0 Å². The van der Waals surface area contributed by atoms with Gasteiger partial charge in [0.2, 0.25) is 11.8 Å². The van der Waals surface area contributed by atoms with E-state index in [2.05, 4.69) is 6.58 Å². The summed E-state index contributed by atoms with van der Waals surface area (Å²) < 4.78 is 19.8. The first-order chi connectivity index (χ1) is 8.60. The summed E-state index contributed by atoms with van der Waals surface area (Å²) in [5, 5.41) is 27.7. The molecule has 0 heterocycles. The second kappa shape index (κ2) is 8.01. The monoisotopic (exact) mass is 272 g/mol. The van der Waals surface area contributed by atoms with Gasteiger partial charge in [0, 0.05) is 0 Å². The first kappa shape index (κ1) is 15.8. The van der Waals surface area contributed by atoms with Gasteiger partial charge >= 0.3 is 0 Å². The Kier molecular flexibility index (Phi) is 7.04. The molecular formula is C9H16N4O4Si. The SMILES string of the molecule is C=C[Si](C)(C(OC=N)OC=N)C(OC=N)OC=N. The van der Waals surface area contributed by atoms with Crippen LogP contribution in [0.25, 0.3) is 0 Å². The molecule has 0 amide bonds. The summed E-state index contributed by atoms with van der Waals surface area (Å²) in [6.07, 6.45) is 2.70. The molecule has 0 radical (unpaired) electrons. The van der Waals surface area contributed by atoms with Gasteiger partial charge in [0.1, 0.15) is 0 Å². The molecule has 0 spiro atoms. The minimum absolute atomic E-state index is 0.675. The molecule has 0 aliphatic carbocycles. The standard InChI is InChI=1S/C9H16N4O4Si/c1-3-18(2,8(14-4-10)15-5-11)9(16-6-12)17-7-13/h3-13H,1H2,2H3. The molecule has 100 valence electrons. The fourth-order valence-corrected chi connectivity index (χ4v) is 3.25. The Balaban J connectivity index is 5.25. The van der Waals surface area contributed by atoms with E-state index in [9.17, 15) is 0 Å². The summed E-state index contributed by atoms with van der Waals surface area (Å²) in [4.78, 5) is 0. The highest BCUT2D eigenvalue weighted by Crippen LogP contribution is 2.21. The van der Waals surface area contributed by atoms with Crippen LogP contribution in [0.1, 0.15) is 0 Å². The smallest absolute Gasteiger partial charge is 0.267 e. The largest absolute Gasteiger partial charge is 0.449 e. The Bertz CT molecular complexity index is 282. The first-order valence-corrected chi connectivity index (χ1v) is 7.55. The third-order valence-corrected chi connectivity index (χ3v) is 5.68. The highest BCUT2D eigenvalue weighted by atomic mass is 28.3. The third-order valence-electron chi connectivity index (χ3n) is 2.22. The van der Waals surface area contributed by atoms with Crippen molar-refractivity contribution in [2.75, 3.05) is 0 Å². The van der Waals surface area contributed by atoms with Crippen molar-refractivity contribution in [2.24, 2.45) is 0 Å². The van der Waals surface area contributed by atoms with Gasteiger partial charge < -0.3 is 18.9 Å². The maximum atomic E-state index is 6.93. The second-order valence-corrected chi connectivity index (χ2v) is 7.33. The molecule has 0 aromatic heterocycles. The number of hydrogen-bond acceptors (Lipinski definition) is 8. The lowest BCUT2D eigenvalue weighted by atomic mass is 11.2. The molecule has 0 unspecified atom stereocenters. The van der Waals surface area contributed by atoms with Crippen molar-refractivity contribution in [1.82, 2.24) is 0 Å². The van der Waals surface area contributed by atoms with E-state index >= 15 is 0 Å². The molecule has 0 fully saturated rings.